The number of pyridine rings is 1. The first-order valence-electron chi connectivity index (χ1n) is 7.74. The van der Waals surface area contributed by atoms with Gasteiger partial charge in [0.2, 0.25) is 0 Å². The molecular weight excluding hydrogens is 278 g/mol. The highest BCUT2D eigenvalue weighted by Gasteiger charge is 2.39. The molecule has 0 atom stereocenters. The minimum atomic E-state index is 0.342. The van der Waals surface area contributed by atoms with Gasteiger partial charge in [0.25, 0.3) is 0 Å². The van der Waals surface area contributed by atoms with Gasteiger partial charge in [0.1, 0.15) is 0 Å². The summed E-state index contributed by atoms with van der Waals surface area (Å²) in [6.07, 6.45) is 5.47. The summed E-state index contributed by atoms with van der Waals surface area (Å²) in [6.45, 7) is 11.6. The number of imidazole rings is 1. The zero-order valence-corrected chi connectivity index (χ0v) is 14.5. The van der Waals surface area contributed by atoms with Gasteiger partial charge in [-0.05, 0) is 60.9 Å². The zero-order valence-electron chi connectivity index (χ0n) is 13.7. The third kappa shape index (κ3) is 2.66. The van der Waals surface area contributed by atoms with Crippen LogP contribution in [0.1, 0.15) is 58.6 Å². The third-order valence-corrected chi connectivity index (χ3v) is 5.02. The summed E-state index contributed by atoms with van der Waals surface area (Å²) in [5, 5.41) is 0. The van der Waals surface area contributed by atoms with Crippen molar-refractivity contribution in [3.8, 4) is 0 Å². The van der Waals surface area contributed by atoms with E-state index in [2.05, 4.69) is 49.2 Å². The molecule has 0 aromatic carbocycles. The Hall–Kier alpha value is -1.16. The summed E-state index contributed by atoms with van der Waals surface area (Å²) >= 11 is 5.61. The molecule has 4 heteroatoms. The summed E-state index contributed by atoms with van der Waals surface area (Å²) in [7, 11) is 0. The van der Waals surface area contributed by atoms with E-state index in [0.717, 1.165) is 28.8 Å². The second-order valence-corrected chi connectivity index (χ2v) is 8.58. The molecule has 0 unspecified atom stereocenters. The summed E-state index contributed by atoms with van der Waals surface area (Å²) in [5.41, 5.74) is 3.99. The fourth-order valence-electron chi connectivity index (χ4n) is 4.45. The maximum atomic E-state index is 5.61. The molecule has 2 aromatic heterocycles. The molecule has 1 aliphatic carbocycles. The quantitative estimate of drug-likeness (QED) is 0.736. The third-order valence-electron chi connectivity index (χ3n) is 4.72. The van der Waals surface area contributed by atoms with Gasteiger partial charge >= 0.3 is 0 Å². The number of hydrogen-bond donors (Lipinski definition) is 1. The van der Waals surface area contributed by atoms with Crippen molar-refractivity contribution in [2.45, 2.75) is 59.9 Å². The standard InChI is InChI=1S/C17H25N3S/c1-11-6-7-18-14-13(11)19-15(21)20(14)12-8-16(2,3)10-17(4,5)9-12/h6-7,12H,8-10H2,1-5H3,(H,19,21). The van der Waals surface area contributed by atoms with Gasteiger partial charge in [-0.1, -0.05) is 27.7 Å². The van der Waals surface area contributed by atoms with Gasteiger partial charge in [-0.15, -0.1) is 0 Å². The second-order valence-electron chi connectivity index (χ2n) is 8.19. The number of nitrogens with one attached hydrogen (secondary N) is 1. The van der Waals surface area contributed by atoms with Crippen LogP contribution >= 0.6 is 12.2 Å². The number of aryl methyl sites for hydroxylation is 1. The monoisotopic (exact) mass is 303 g/mol. The van der Waals surface area contributed by atoms with Gasteiger partial charge in [-0.2, -0.15) is 0 Å². The maximum Gasteiger partial charge on any atom is 0.179 e. The van der Waals surface area contributed by atoms with Crippen LogP contribution in [0.2, 0.25) is 0 Å². The highest BCUT2D eigenvalue weighted by Crippen LogP contribution is 2.50. The summed E-state index contributed by atoms with van der Waals surface area (Å²) < 4.78 is 3.07. The van der Waals surface area contributed by atoms with Crippen LogP contribution in [0.15, 0.2) is 12.3 Å². The fraction of sp³-hybridized carbons (Fsp3) is 0.647. The van der Waals surface area contributed by atoms with E-state index >= 15 is 0 Å². The van der Waals surface area contributed by atoms with E-state index in [9.17, 15) is 0 Å². The molecule has 1 aliphatic rings. The number of rotatable bonds is 1. The number of hydrogen-bond acceptors (Lipinski definition) is 2. The highest BCUT2D eigenvalue weighted by molar-refractivity contribution is 7.71. The summed E-state index contributed by atoms with van der Waals surface area (Å²) in [5.74, 6) is 0. The molecule has 1 N–H and O–H groups in total. The Morgan fingerprint density at radius 3 is 2.48 bits per heavy atom. The van der Waals surface area contributed by atoms with Crippen molar-refractivity contribution in [2.75, 3.05) is 0 Å². The topological polar surface area (TPSA) is 33.6 Å². The Balaban J connectivity index is 2.14. The van der Waals surface area contributed by atoms with Gasteiger partial charge in [-0.3, -0.25) is 4.57 Å². The largest absolute Gasteiger partial charge is 0.329 e. The minimum Gasteiger partial charge on any atom is -0.329 e. The zero-order chi connectivity index (χ0) is 15.4. The summed E-state index contributed by atoms with van der Waals surface area (Å²) in [6, 6.07) is 2.46. The Bertz CT molecular complexity index is 720. The SMILES string of the molecule is Cc1ccnc2c1[nH]c(=S)n2C1CC(C)(C)CC(C)(C)C1. The Morgan fingerprint density at radius 2 is 1.86 bits per heavy atom. The predicted molar refractivity (Wildman–Crippen MR) is 90.1 cm³/mol. The normalized spacial score (nSPS) is 21.8. The molecule has 1 fully saturated rings. The van der Waals surface area contributed by atoms with Crippen molar-refractivity contribution < 1.29 is 0 Å². The van der Waals surface area contributed by atoms with Crippen LogP contribution in [0, 0.1) is 22.5 Å². The molecule has 0 spiro atoms. The van der Waals surface area contributed by atoms with E-state index in [1.807, 2.05) is 12.3 Å². The lowest BCUT2D eigenvalue weighted by Gasteiger charge is -2.45. The molecule has 1 saturated carbocycles. The predicted octanol–water partition coefficient (Wildman–Crippen LogP) is 5.18. The van der Waals surface area contributed by atoms with Gasteiger partial charge in [-0.25, -0.2) is 4.98 Å². The molecule has 3 rings (SSSR count). The Morgan fingerprint density at radius 1 is 1.24 bits per heavy atom. The Labute approximate surface area is 131 Å². The van der Waals surface area contributed by atoms with Crippen molar-refractivity contribution in [2.24, 2.45) is 10.8 Å². The van der Waals surface area contributed by atoms with Gasteiger partial charge < -0.3 is 4.98 Å². The molecule has 3 nitrogen and oxygen atoms in total. The lowest BCUT2D eigenvalue weighted by Crippen LogP contribution is -2.35. The minimum absolute atomic E-state index is 0.342. The molecule has 0 amide bonds. The molecule has 21 heavy (non-hydrogen) atoms. The smallest absolute Gasteiger partial charge is 0.179 e. The first kappa shape index (κ1) is 14.8. The number of aromatic nitrogens is 3. The van der Waals surface area contributed by atoms with E-state index in [0.29, 0.717) is 16.9 Å². The number of nitrogens with zero attached hydrogens (tertiary/aromatic N) is 2. The van der Waals surface area contributed by atoms with Crippen molar-refractivity contribution in [3.05, 3.63) is 22.6 Å². The first-order valence-corrected chi connectivity index (χ1v) is 8.15. The number of aromatic amines is 1. The maximum absolute atomic E-state index is 5.61. The van der Waals surface area contributed by atoms with Crippen LogP contribution in [0.3, 0.4) is 0 Å². The second kappa shape index (κ2) is 4.67. The lowest BCUT2D eigenvalue weighted by molar-refractivity contribution is 0.0731. The van der Waals surface area contributed by atoms with E-state index in [-0.39, 0.29) is 0 Å². The van der Waals surface area contributed by atoms with Crippen molar-refractivity contribution in [3.63, 3.8) is 0 Å². The fourth-order valence-corrected chi connectivity index (χ4v) is 4.79. The number of H-pyrrole nitrogens is 1. The molecule has 0 bridgehead atoms. The molecule has 2 heterocycles. The molecular formula is C17H25N3S. The van der Waals surface area contributed by atoms with E-state index in [1.54, 1.807) is 0 Å². The molecule has 0 saturated heterocycles. The average molecular weight is 303 g/mol. The molecule has 2 aromatic rings. The highest BCUT2D eigenvalue weighted by atomic mass is 32.1. The van der Waals surface area contributed by atoms with E-state index in [4.69, 9.17) is 12.2 Å². The van der Waals surface area contributed by atoms with Crippen LogP contribution < -0.4 is 0 Å². The van der Waals surface area contributed by atoms with Gasteiger partial charge in [0, 0.05) is 12.2 Å². The van der Waals surface area contributed by atoms with Crippen molar-refractivity contribution >= 4 is 23.4 Å². The van der Waals surface area contributed by atoms with E-state index in [1.165, 1.54) is 12.0 Å². The van der Waals surface area contributed by atoms with Crippen LogP contribution in [-0.2, 0) is 0 Å². The lowest BCUT2D eigenvalue weighted by atomic mass is 9.63. The van der Waals surface area contributed by atoms with Crippen LogP contribution in [-0.4, -0.2) is 14.5 Å². The van der Waals surface area contributed by atoms with Crippen LogP contribution in [0.4, 0.5) is 0 Å². The van der Waals surface area contributed by atoms with Gasteiger partial charge in [0.05, 0.1) is 5.52 Å². The van der Waals surface area contributed by atoms with Crippen LogP contribution in [0.25, 0.3) is 11.2 Å². The summed E-state index contributed by atoms with van der Waals surface area (Å²) in [4.78, 5) is 7.96. The van der Waals surface area contributed by atoms with Crippen molar-refractivity contribution in [1.29, 1.82) is 0 Å². The van der Waals surface area contributed by atoms with Crippen LogP contribution in [0.5, 0.6) is 0 Å². The first-order chi connectivity index (χ1) is 9.69. The molecule has 0 aliphatic heterocycles. The average Bonchev–Trinajstić information content (AvgIpc) is 2.62. The number of fused-ring (bicyclic) bond motifs is 1. The van der Waals surface area contributed by atoms with E-state index < -0.39 is 0 Å². The molecule has 0 radical (unpaired) electrons. The Kier molecular flexibility index (Phi) is 3.28. The van der Waals surface area contributed by atoms with Gasteiger partial charge in [0.15, 0.2) is 10.4 Å². The van der Waals surface area contributed by atoms with Crippen molar-refractivity contribution in [1.82, 2.24) is 14.5 Å². The molecule has 114 valence electrons.